The highest BCUT2D eigenvalue weighted by Gasteiger charge is 2.14. The van der Waals surface area contributed by atoms with Gasteiger partial charge in [-0.1, -0.05) is 11.6 Å². The molecule has 2 rings (SSSR count). The van der Waals surface area contributed by atoms with Gasteiger partial charge < -0.3 is 19.2 Å². The summed E-state index contributed by atoms with van der Waals surface area (Å²) in [4.78, 5) is 33.6. The molecular formula is C18H17ClN2O7. The fourth-order valence-corrected chi connectivity index (χ4v) is 2.31. The van der Waals surface area contributed by atoms with Crippen LogP contribution in [0.4, 0.5) is 5.69 Å². The number of nitrogens with zero attached hydrogens (tertiary/aromatic N) is 1. The molecule has 2 aromatic rings. The number of amides is 1. The van der Waals surface area contributed by atoms with Gasteiger partial charge in [-0.15, -0.1) is 0 Å². The largest absolute Gasteiger partial charge is 0.484 e. The third kappa shape index (κ3) is 5.85. The lowest BCUT2D eigenvalue weighted by Crippen LogP contribution is -2.21. The molecule has 0 fully saturated rings. The van der Waals surface area contributed by atoms with Gasteiger partial charge in [0.1, 0.15) is 18.1 Å². The topological polar surface area (TPSA) is 121 Å². The van der Waals surface area contributed by atoms with Crippen molar-refractivity contribution < 1.29 is 28.4 Å². The Morgan fingerprint density at radius 3 is 2.71 bits per heavy atom. The molecular weight excluding hydrogens is 392 g/mol. The Kier molecular flexibility index (Phi) is 7.16. The summed E-state index contributed by atoms with van der Waals surface area (Å²) in [6.07, 6.45) is 1.16. The van der Waals surface area contributed by atoms with E-state index in [-0.39, 0.29) is 35.4 Å². The van der Waals surface area contributed by atoms with Crippen LogP contribution in [-0.4, -0.2) is 23.4 Å². The van der Waals surface area contributed by atoms with Crippen molar-refractivity contribution in [2.24, 2.45) is 0 Å². The fraction of sp³-hybridized carbons (Fsp3) is 0.222. The molecule has 1 N–H and O–H groups in total. The molecule has 1 aromatic carbocycles. The molecule has 28 heavy (non-hydrogen) atoms. The number of benzene rings is 1. The summed E-state index contributed by atoms with van der Waals surface area (Å²) in [5, 5.41) is 13.3. The van der Waals surface area contributed by atoms with Crippen molar-refractivity contribution in [2.75, 3.05) is 6.61 Å². The van der Waals surface area contributed by atoms with Crippen LogP contribution in [0.1, 0.15) is 30.2 Å². The number of hydrogen-bond donors (Lipinski definition) is 1. The molecule has 0 saturated heterocycles. The van der Waals surface area contributed by atoms with Gasteiger partial charge in [-0.3, -0.25) is 14.9 Å². The summed E-state index contributed by atoms with van der Waals surface area (Å²) in [5.41, 5.74) is 0.149. The second kappa shape index (κ2) is 9.56. The van der Waals surface area contributed by atoms with Crippen molar-refractivity contribution in [2.45, 2.75) is 20.5 Å². The minimum Gasteiger partial charge on any atom is -0.484 e. The van der Waals surface area contributed by atoms with E-state index in [9.17, 15) is 19.7 Å². The monoisotopic (exact) mass is 408 g/mol. The summed E-state index contributed by atoms with van der Waals surface area (Å²) < 4.78 is 15.6. The first-order chi connectivity index (χ1) is 13.3. The summed E-state index contributed by atoms with van der Waals surface area (Å²) in [6.45, 7) is 3.41. The van der Waals surface area contributed by atoms with E-state index in [2.05, 4.69) is 5.32 Å². The third-order valence-electron chi connectivity index (χ3n) is 3.31. The molecule has 0 atom stereocenters. The summed E-state index contributed by atoms with van der Waals surface area (Å²) in [7, 11) is 0. The smallest absolute Gasteiger partial charge is 0.332 e. The summed E-state index contributed by atoms with van der Waals surface area (Å²) in [6, 6.07) is 6.81. The molecule has 1 aromatic heterocycles. The number of carbonyl (C=O) groups excluding carboxylic acids is 2. The van der Waals surface area contributed by atoms with Crippen LogP contribution in [0, 0.1) is 10.1 Å². The Morgan fingerprint density at radius 2 is 2.07 bits per heavy atom. The zero-order valence-electron chi connectivity index (χ0n) is 15.1. The number of esters is 1. The molecule has 0 aliphatic rings. The van der Waals surface area contributed by atoms with Crippen molar-refractivity contribution in [1.82, 2.24) is 5.32 Å². The number of hydrogen-bond acceptors (Lipinski definition) is 7. The van der Waals surface area contributed by atoms with E-state index in [0.717, 1.165) is 6.08 Å². The first-order valence-electron chi connectivity index (χ1n) is 8.12. The molecule has 0 unspecified atom stereocenters. The van der Waals surface area contributed by atoms with Gasteiger partial charge in [0.2, 0.25) is 0 Å². The molecule has 0 saturated carbocycles. The third-order valence-corrected chi connectivity index (χ3v) is 3.61. The number of carbonyl (C=O) groups is 2. The van der Waals surface area contributed by atoms with E-state index >= 15 is 0 Å². The molecule has 0 bridgehead atoms. The SMILES string of the molecule is CCOC(=O)/C=C(\C)NC(=O)c1ccc(COc2ccc([N+](=O)[O-])cc2Cl)o1. The van der Waals surface area contributed by atoms with Crippen molar-refractivity contribution in [3.05, 3.63) is 68.8 Å². The van der Waals surface area contributed by atoms with Crippen LogP contribution in [0.3, 0.4) is 0 Å². The highest BCUT2D eigenvalue weighted by Crippen LogP contribution is 2.29. The standard InChI is InChI=1S/C18H17ClN2O7/c1-3-26-17(22)8-11(2)20-18(23)16-7-5-13(28-16)10-27-15-6-4-12(21(24)25)9-14(15)19/h4-9H,3,10H2,1-2H3,(H,20,23)/b11-8+. The van der Waals surface area contributed by atoms with Crippen molar-refractivity contribution in [3.63, 3.8) is 0 Å². The van der Waals surface area contributed by atoms with Gasteiger partial charge in [-0.2, -0.15) is 0 Å². The normalized spacial score (nSPS) is 11.0. The predicted molar refractivity (Wildman–Crippen MR) is 99.0 cm³/mol. The Balaban J connectivity index is 1.96. The number of nitro benzene ring substituents is 1. The zero-order chi connectivity index (χ0) is 20.7. The van der Waals surface area contributed by atoms with E-state index in [0.29, 0.717) is 11.5 Å². The second-order valence-electron chi connectivity index (χ2n) is 5.46. The van der Waals surface area contributed by atoms with Crippen molar-refractivity contribution in [1.29, 1.82) is 0 Å². The van der Waals surface area contributed by atoms with Crippen LogP contribution in [0.2, 0.25) is 5.02 Å². The summed E-state index contributed by atoms with van der Waals surface area (Å²) >= 11 is 5.95. The Bertz CT molecular complexity index is 920. The van der Waals surface area contributed by atoms with E-state index in [1.165, 1.54) is 24.3 Å². The second-order valence-corrected chi connectivity index (χ2v) is 5.87. The molecule has 9 nitrogen and oxygen atoms in total. The number of furan rings is 1. The van der Waals surface area contributed by atoms with E-state index in [1.54, 1.807) is 19.9 Å². The maximum absolute atomic E-state index is 12.1. The first kappa shape index (κ1) is 21.0. The quantitative estimate of drug-likeness (QED) is 0.306. The van der Waals surface area contributed by atoms with Gasteiger partial charge in [0.25, 0.3) is 11.6 Å². The first-order valence-corrected chi connectivity index (χ1v) is 8.49. The minimum atomic E-state index is -0.564. The minimum absolute atomic E-state index is 0.0185. The van der Waals surface area contributed by atoms with Gasteiger partial charge in [-0.05, 0) is 32.0 Å². The number of nitro groups is 1. The lowest BCUT2D eigenvalue weighted by Gasteiger charge is -2.06. The number of non-ortho nitro benzene ring substituents is 1. The van der Waals surface area contributed by atoms with Gasteiger partial charge in [-0.25, -0.2) is 4.79 Å². The predicted octanol–water partition coefficient (Wildman–Crippen LogP) is 3.62. The van der Waals surface area contributed by atoms with Crippen molar-refractivity contribution >= 4 is 29.2 Å². The van der Waals surface area contributed by atoms with Gasteiger partial charge >= 0.3 is 5.97 Å². The highest BCUT2D eigenvalue weighted by molar-refractivity contribution is 6.32. The van der Waals surface area contributed by atoms with Gasteiger partial charge in [0.15, 0.2) is 5.76 Å². The number of ether oxygens (including phenoxy) is 2. The van der Waals surface area contributed by atoms with Crippen LogP contribution in [0.5, 0.6) is 5.75 Å². The van der Waals surface area contributed by atoms with E-state index in [4.69, 9.17) is 25.5 Å². The lowest BCUT2D eigenvalue weighted by molar-refractivity contribution is -0.384. The fourth-order valence-electron chi connectivity index (χ4n) is 2.08. The average molecular weight is 409 g/mol. The van der Waals surface area contributed by atoms with Crippen LogP contribution in [0.25, 0.3) is 0 Å². The number of halogens is 1. The number of rotatable bonds is 8. The highest BCUT2D eigenvalue weighted by atomic mass is 35.5. The van der Waals surface area contributed by atoms with E-state index < -0.39 is 16.8 Å². The molecule has 0 spiro atoms. The van der Waals surface area contributed by atoms with Crippen LogP contribution >= 0.6 is 11.6 Å². The van der Waals surface area contributed by atoms with Crippen LogP contribution in [-0.2, 0) is 16.1 Å². The molecule has 0 aliphatic carbocycles. The molecule has 1 amide bonds. The Hall–Kier alpha value is -3.33. The maximum Gasteiger partial charge on any atom is 0.332 e. The van der Waals surface area contributed by atoms with Gasteiger partial charge in [0, 0.05) is 23.9 Å². The summed E-state index contributed by atoms with van der Waals surface area (Å²) in [5.74, 6) is -0.508. The Morgan fingerprint density at radius 1 is 1.32 bits per heavy atom. The zero-order valence-corrected chi connectivity index (χ0v) is 15.8. The molecule has 0 radical (unpaired) electrons. The molecule has 1 heterocycles. The molecule has 10 heteroatoms. The maximum atomic E-state index is 12.1. The Labute approximate surface area is 165 Å². The van der Waals surface area contributed by atoms with Crippen LogP contribution < -0.4 is 10.1 Å². The molecule has 148 valence electrons. The van der Waals surface area contributed by atoms with E-state index in [1.807, 2.05) is 0 Å². The van der Waals surface area contributed by atoms with Crippen molar-refractivity contribution in [3.8, 4) is 5.75 Å². The lowest BCUT2D eigenvalue weighted by atomic mass is 10.3. The van der Waals surface area contributed by atoms with Crippen LogP contribution in [0.15, 0.2) is 46.5 Å². The number of allylic oxidation sites excluding steroid dienone is 1. The van der Waals surface area contributed by atoms with Gasteiger partial charge in [0.05, 0.1) is 16.6 Å². The number of nitrogens with one attached hydrogen (secondary N) is 1. The molecule has 0 aliphatic heterocycles. The average Bonchev–Trinajstić information content (AvgIpc) is 3.09.